The highest BCUT2D eigenvalue weighted by atomic mass is 19.1. The number of rotatable bonds is 2. The first-order valence-electron chi connectivity index (χ1n) is 6.08. The zero-order valence-electron chi connectivity index (χ0n) is 11.1. The third kappa shape index (κ3) is 2.89. The minimum atomic E-state index is -0.779. The molecule has 4 heteroatoms. The monoisotopic (exact) mass is 272 g/mol. The smallest absolute Gasteiger partial charge is 0.431 e. The van der Waals surface area contributed by atoms with Gasteiger partial charge in [-0.25, -0.2) is 9.18 Å². The lowest BCUT2D eigenvalue weighted by Crippen LogP contribution is -2.15. The maximum Gasteiger partial charge on any atom is 0.514 e. The minimum Gasteiger partial charge on any atom is -0.431 e. The first-order valence-corrected chi connectivity index (χ1v) is 6.08. The number of carbonyl (C=O) groups excluding carboxylic acids is 1. The van der Waals surface area contributed by atoms with Crippen LogP contribution < -0.4 is 4.74 Å². The number of fused-ring (bicyclic) bond motifs is 1. The van der Waals surface area contributed by atoms with E-state index in [0.29, 0.717) is 16.5 Å². The first-order chi connectivity index (χ1) is 9.51. The van der Waals surface area contributed by atoms with Crippen molar-refractivity contribution in [1.29, 1.82) is 0 Å². The van der Waals surface area contributed by atoms with Crippen molar-refractivity contribution < 1.29 is 18.7 Å². The highest BCUT2D eigenvalue weighted by Crippen LogP contribution is 2.25. The van der Waals surface area contributed by atoms with Gasteiger partial charge in [-0.3, -0.25) is 0 Å². The van der Waals surface area contributed by atoms with E-state index in [4.69, 9.17) is 15.9 Å². The molecule has 0 aliphatic carbocycles. The second-order valence-corrected chi connectivity index (χ2v) is 4.47. The predicted molar refractivity (Wildman–Crippen MR) is 74.1 cm³/mol. The Bertz CT molecular complexity index is 699. The van der Waals surface area contributed by atoms with Crippen LogP contribution in [0.3, 0.4) is 0 Å². The van der Waals surface area contributed by atoms with Crippen molar-refractivity contribution in [3.05, 3.63) is 41.7 Å². The van der Waals surface area contributed by atoms with E-state index < -0.39 is 12.0 Å². The molecule has 0 aliphatic heterocycles. The summed E-state index contributed by atoms with van der Waals surface area (Å²) in [5, 5.41) is 1.28. The molecule has 0 aromatic heterocycles. The van der Waals surface area contributed by atoms with Gasteiger partial charge in [0.1, 0.15) is 11.6 Å². The van der Waals surface area contributed by atoms with E-state index in [-0.39, 0.29) is 11.7 Å². The van der Waals surface area contributed by atoms with Gasteiger partial charge in [-0.05, 0) is 43.5 Å². The molecule has 0 aliphatic rings. The molecule has 0 saturated carbocycles. The van der Waals surface area contributed by atoms with E-state index in [1.165, 1.54) is 6.07 Å². The molecule has 0 spiro atoms. The van der Waals surface area contributed by atoms with Crippen LogP contribution in [0, 0.1) is 18.2 Å². The molecule has 0 saturated heterocycles. The molecule has 2 aromatic rings. The average molecular weight is 272 g/mol. The summed E-state index contributed by atoms with van der Waals surface area (Å²) in [4.78, 5) is 11.4. The van der Waals surface area contributed by atoms with Gasteiger partial charge in [0.05, 0.1) is 11.7 Å². The van der Waals surface area contributed by atoms with Crippen LogP contribution >= 0.6 is 0 Å². The molecule has 0 bridgehead atoms. The Kier molecular flexibility index (Phi) is 3.90. The van der Waals surface area contributed by atoms with Crippen molar-refractivity contribution in [2.75, 3.05) is 0 Å². The average Bonchev–Trinajstić information content (AvgIpc) is 2.38. The molecule has 0 unspecified atom stereocenters. The lowest BCUT2D eigenvalue weighted by Gasteiger charge is -2.09. The van der Waals surface area contributed by atoms with E-state index in [1.54, 1.807) is 38.1 Å². The largest absolute Gasteiger partial charge is 0.514 e. The Morgan fingerprint density at radius 2 is 2.05 bits per heavy atom. The summed E-state index contributed by atoms with van der Waals surface area (Å²) in [6.45, 7) is 3.45. The molecule has 3 nitrogen and oxygen atoms in total. The van der Waals surface area contributed by atoms with Crippen molar-refractivity contribution in [2.24, 2.45) is 0 Å². The second kappa shape index (κ2) is 5.62. The number of hydrogen-bond donors (Lipinski definition) is 0. The quantitative estimate of drug-likeness (QED) is 0.473. The SMILES string of the molecule is C#Cc1c(F)ccc2cc(OC(=O)OC(C)C)ccc12. The van der Waals surface area contributed by atoms with E-state index in [9.17, 15) is 9.18 Å². The van der Waals surface area contributed by atoms with Crippen LogP contribution in [0.1, 0.15) is 19.4 Å². The molecular weight excluding hydrogens is 259 g/mol. The first kappa shape index (κ1) is 13.9. The molecule has 20 heavy (non-hydrogen) atoms. The summed E-state index contributed by atoms with van der Waals surface area (Å²) >= 11 is 0. The second-order valence-electron chi connectivity index (χ2n) is 4.47. The maximum absolute atomic E-state index is 13.5. The Hall–Kier alpha value is -2.54. The molecule has 2 rings (SSSR count). The molecule has 0 N–H and O–H groups in total. The van der Waals surface area contributed by atoms with Crippen LogP contribution in [0.25, 0.3) is 10.8 Å². The number of hydrogen-bond acceptors (Lipinski definition) is 3. The van der Waals surface area contributed by atoms with E-state index in [0.717, 1.165) is 0 Å². The topological polar surface area (TPSA) is 35.5 Å². The van der Waals surface area contributed by atoms with Crippen LogP contribution in [0.15, 0.2) is 30.3 Å². The van der Waals surface area contributed by atoms with E-state index in [2.05, 4.69) is 5.92 Å². The van der Waals surface area contributed by atoms with Crippen molar-refractivity contribution >= 4 is 16.9 Å². The minimum absolute atomic E-state index is 0.193. The van der Waals surface area contributed by atoms with Gasteiger partial charge in [-0.15, -0.1) is 6.42 Å². The molecule has 0 radical (unpaired) electrons. The number of ether oxygens (including phenoxy) is 2. The van der Waals surface area contributed by atoms with Crippen LogP contribution in [0.2, 0.25) is 0 Å². The summed E-state index contributed by atoms with van der Waals surface area (Å²) in [5.41, 5.74) is 0.193. The van der Waals surface area contributed by atoms with Crippen LogP contribution in [0.5, 0.6) is 5.75 Å². The summed E-state index contributed by atoms with van der Waals surface area (Å²) in [7, 11) is 0. The van der Waals surface area contributed by atoms with Crippen LogP contribution in [0.4, 0.5) is 9.18 Å². The van der Waals surface area contributed by atoms with Crippen LogP contribution in [-0.2, 0) is 4.74 Å². The highest BCUT2D eigenvalue weighted by molar-refractivity contribution is 5.89. The van der Waals surface area contributed by atoms with Gasteiger partial charge in [0.2, 0.25) is 0 Å². The number of terminal acetylenes is 1. The van der Waals surface area contributed by atoms with Crippen LogP contribution in [-0.4, -0.2) is 12.3 Å². The van der Waals surface area contributed by atoms with Gasteiger partial charge in [0, 0.05) is 5.39 Å². The van der Waals surface area contributed by atoms with Gasteiger partial charge in [-0.2, -0.15) is 0 Å². The van der Waals surface area contributed by atoms with Crippen molar-refractivity contribution in [1.82, 2.24) is 0 Å². The van der Waals surface area contributed by atoms with Gasteiger partial charge in [-0.1, -0.05) is 12.0 Å². The Balaban J connectivity index is 2.34. The van der Waals surface area contributed by atoms with Gasteiger partial charge in [0.25, 0.3) is 0 Å². The fourth-order valence-electron chi connectivity index (χ4n) is 1.80. The molecule has 0 heterocycles. The van der Waals surface area contributed by atoms with Gasteiger partial charge in [0.15, 0.2) is 0 Å². The molecule has 2 aromatic carbocycles. The highest BCUT2D eigenvalue weighted by Gasteiger charge is 2.10. The third-order valence-electron chi connectivity index (χ3n) is 2.62. The molecular formula is C16H13FO3. The molecule has 0 amide bonds. The predicted octanol–water partition coefficient (Wildman–Crippen LogP) is 3.88. The van der Waals surface area contributed by atoms with Gasteiger partial charge < -0.3 is 9.47 Å². The van der Waals surface area contributed by atoms with E-state index in [1.807, 2.05) is 0 Å². The lowest BCUT2D eigenvalue weighted by atomic mass is 10.0. The third-order valence-corrected chi connectivity index (χ3v) is 2.62. The number of benzene rings is 2. The standard InChI is InChI=1S/C16H13FO3/c1-4-13-14-7-6-12(20-16(18)19-10(2)3)9-11(14)5-8-15(13)17/h1,5-10H,2-3H3. The van der Waals surface area contributed by atoms with Crippen molar-refractivity contribution in [3.63, 3.8) is 0 Å². The summed E-state index contributed by atoms with van der Waals surface area (Å²) in [6, 6.07) is 7.63. The fourth-order valence-corrected chi connectivity index (χ4v) is 1.80. The summed E-state index contributed by atoms with van der Waals surface area (Å²) < 4.78 is 23.4. The Morgan fingerprint density at radius 3 is 2.70 bits per heavy atom. The van der Waals surface area contributed by atoms with Crippen molar-refractivity contribution in [2.45, 2.75) is 20.0 Å². The van der Waals surface area contributed by atoms with Gasteiger partial charge >= 0.3 is 6.16 Å². The Morgan fingerprint density at radius 1 is 1.30 bits per heavy atom. The number of carbonyl (C=O) groups is 1. The van der Waals surface area contributed by atoms with Crippen molar-refractivity contribution in [3.8, 4) is 18.1 Å². The normalized spacial score (nSPS) is 10.3. The summed E-state index contributed by atoms with van der Waals surface area (Å²) in [6.07, 6.45) is 4.26. The zero-order valence-corrected chi connectivity index (χ0v) is 11.1. The molecule has 0 atom stereocenters. The molecule has 102 valence electrons. The molecule has 0 fully saturated rings. The summed E-state index contributed by atoms with van der Waals surface area (Å²) in [5.74, 6) is 2.18. The Labute approximate surface area is 116 Å². The zero-order chi connectivity index (χ0) is 14.7. The maximum atomic E-state index is 13.5. The fraction of sp³-hybridized carbons (Fsp3) is 0.188. The number of halogens is 1. The van der Waals surface area contributed by atoms with E-state index >= 15 is 0 Å². The lowest BCUT2D eigenvalue weighted by molar-refractivity contribution is 0.0729.